The van der Waals surface area contributed by atoms with Gasteiger partial charge in [0.15, 0.2) is 5.82 Å². The van der Waals surface area contributed by atoms with E-state index in [1.165, 1.54) is 11.0 Å². The molecule has 0 saturated carbocycles. The van der Waals surface area contributed by atoms with E-state index in [0.717, 1.165) is 5.69 Å². The Balaban J connectivity index is 2.33. The molecule has 6 nitrogen and oxygen atoms in total. The maximum Gasteiger partial charge on any atom is 0.177 e. The average Bonchev–Trinajstić information content (AvgIpc) is 2.71. The van der Waals surface area contributed by atoms with Crippen LogP contribution in [0.2, 0.25) is 0 Å². The fourth-order valence-electron chi connectivity index (χ4n) is 0.910. The molecular weight excluding hydrogens is 168 g/mol. The number of hydrogen-bond acceptors (Lipinski definition) is 5. The van der Waals surface area contributed by atoms with Crippen LogP contribution in [0.3, 0.4) is 0 Å². The summed E-state index contributed by atoms with van der Waals surface area (Å²) in [6.45, 7) is 0.393. The molecule has 2 N–H and O–H groups in total. The molecule has 0 spiro atoms. The summed E-state index contributed by atoms with van der Waals surface area (Å²) >= 11 is 0. The Bertz CT molecular complexity index is 364. The maximum absolute atomic E-state index is 5.38. The van der Waals surface area contributed by atoms with Crippen LogP contribution in [-0.2, 0) is 6.54 Å². The molecule has 2 aromatic rings. The molecule has 0 saturated heterocycles. The van der Waals surface area contributed by atoms with Crippen LogP contribution in [0.25, 0.3) is 5.82 Å². The van der Waals surface area contributed by atoms with Crippen LogP contribution < -0.4 is 5.73 Å². The smallest absolute Gasteiger partial charge is 0.177 e. The predicted molar refractivity (Wildman–Crippen MR) is 44.8 cm³/mol. The van der Waals surface area contributed by atoms with E-state index >= 15 is 0 Å². The van der Waals surface area contributed by atoms with Crippen LogP contribution in [0.5, 0.6) is 0 Å². The Morgan fingerprint density at radius 2 is 2.23 bits per heavy atom. The van der Waals surface area contributed by atoms with E-state index in [1.807, 2.05) is 6.07 Å². The number of aromatic nitrogens is 5. The molecule has 0 bridgehead atoms. The third kappa shape index (κ3) is 1.52. The zero-order chi connectivity index (χ0) is 9.10. The van der Waals surface area contributed by atoms with Gasteiger partial charge in [-0.1, -0.05) is 0 Å². The molecule has 2 aromatic heterocycles. The van der Waals surface area contributed by atoms with Gasteiger partial charge in [0, 0.05) is 6.54 Å². The number of hydrogen-bond donors (Lipinski definition) is 1. The first-order valence-corrected chi connectivity index (χ1v) is 3.78. The van der Waals surface area contributed by atoms with Gasteiger partial charge in [-0.15, -0.1) is 5.10 Å². The molecule has 0 unspecified atom stereocenters. The highest BCUT2D eigenvalue weighted by molar-refractivity contribution is 5.18. The summed E-state index contributed by atoms with van der Waals surface area (Å²) in [5.41, 5.74) is 6.13. The van der Waals surface area contributed by atoms with Crippen molar-refractivity contribution in [3.8, 4) is 5.82 Å². The normalized spacial score (nSPS) is 10.2. The van der Waals surface area contributed by atoms with E-state index in [1.54, 1.807) is 12.4 Å². The molecule has 0 amide bonds. The minimum absolute atomic E-state index is 0.393. The van der Waals surface area contributed by atoms with Gasteiger partial charge in [-0.2, -0.15) is 10.2 Å². The van der Waals surface area contributed by atoms with Crippen molar-refractivity contribution >= 4 is 0 Å². The van der Waals surface area contributed by atoms with Gasteiger partial charge in [-0.3, -0.25) is 0 Å². The van der Waals surface area contributed by atoms with Gasteiger partial charge in [0.1, 0.15) is 12.7 Å². The minimum atomic E-state index is 0.393. The summed E-state index contributed by atoms with van der Waals surface area (Å²) < 4.78 is 1.54. The topological polar surface area (TPSA) is 82.5 Å². The van der Waals surface area contributed by atoms with Crippen molar-refractivity contribution in [3.63, 3.8) is 0 Å². The monoisotopic (exact) mass is 176 g/mol. The van der Waals surface area contributed by atoms with Gasteiger partial charge in [0.25, 0.3) is 0 Å². The first-order valence-electron chi connectivity index (χ1n) is 3.78. The van der Waals surface area contributed by atoms with Gasteiger partial charge in [-0.25, -0.2) is 9.67 Å². The second-order valence-corrected chi connectivity index (χ2v) is 2.43. The lowest BCUT2D eigenvalue weighted by Gasteiger charge is -1.98. The van der Waals surface area contributed by atoms with Crippen molar-refractivity contribution < 1.29 is 0 Å². The summed E-state index contributed by atoms with van der Waals surface area (Å²) in [7, 11) is 0. The standard InChI is InChI=1S/C7H8N6/c8-3-6-1-2-7(12-11-6)13-5-9-4-10-13/h1-2,4-5H,3,8H2. The summed E-state index contributed by atoms with van der Waals surface area (Å²) in [5, 5.41) is 11.7. The molecular formula is C7H8N6. The average molecular weight is 176 g/mol. The van der Waals surface area contributed by atoms with Crippen molar-refractivity contribution in [3.05, 3.63) is 30.5 Å². The molecule has 0 aliphatic carbocycles. The Kier molecular flexibility index (Phi) is 1.97. The van der Waals surface area contributed by atoms with Gasteiger partial charge in [0.05, 0.1) is 5.69 Å². The molecule has 2 heterocycles. The maximum atomic E-state index is 5.38. The minimum Gasteiger partial charge on any atom is -0.325 e. The van der Waals surface area contributed by atoms with Crippen molar-refractivity contribution in [1.29, 1.82) is 0 Å². The predicted octanol–water partition coefficient (Wildman–Crippen LogP) is -0.484. The lowest BCUT2D eigenvalue weighted by molar-refractivity contribution is 0.792. The Hall–Kier alpha value is -1.82. The van der Waals surface area contributed by atoms with E-state index in [4.69, 9.17) is 5.73 Å². The van der Waals surface area contributed by atoms with Crippen LogP contribution >= 0.6 is 0 Å². The third-order valence-electron chi connectivity index (χ3n) is 1.57. The molecule has 2 rings (SSSR count). The highest BCUT2D eigenvalue weighted by Gasteiger charge is 1.98. The van der Waals surface area contributed by atoms with E-state index in [9.17, 15) is 0 Å². The highest BCUT2D eigenvalue weighted by Crippen LogP contribution is 1.99. The molecule has 0 atom stereocenters. The second-order valence-electron chi connectivity index (χ2n) is 2.43. The molecule has 0 aromatic carbocycles. The quantitative estimate of drug-likeness (QED) is 0.668. The van der Waals surface area contributed by atoms with Crippen LogP contribution in [0.4, 0.5) is 0 Å². The summed E-state index contributed by atoms with van der Waals surface area (Å²) in [4.78, 5) is 3.80. The molecule has 66 valence electrons. The molecule has 0 radical (unpaired) electrons. The lowest BCUT2D eigenvalue weighted by Crippen LogP contribution is -2.04. The van der Waals surface area contributed by atoms with Crippen LogP contribution in [0.1, 0.15) is 5.69 Å². The fraction of sp³-hybridized carbons (Fsp3) is 0.143. The van der Waals surface area contributed by atoms with Gasteiger partial charge < -0.3 is 5.73 Å². The zero-order valence-corrected chi connectivity index (χ0v) is 6.83. The van der Waals surface area contributed by atoms with Crippen molar-refractivity contribution in [1.82, 2.24) is 25.0 Å². The van der Waals surface area contributed by atoms with Gasteiger partial charge >= 0.3 is 0 Å². The Labute approximate surface area is 74.4 Å². The Morgan fingerprint density at radius 3 is 2.77 bits per heavy atom. The summed E-state index contributed by atoms with van der Waals surface area (Å²) in [5.74, 6) is 0.634. The second kappa shape index (κ2) is 3.28. The molecule has 0 aliphatic heterocycles. The molecule has 13 heavy (non-hydrogen) atoms. The zero-order valence-electron chi connectivity index (χ0n) is 6.83. The number of rotatable bonds is 2. The molecule has 0 fully saturated rings. The number of nitrogens with zero attached hydrogens (tertiary/aromatic N) is 5. The number of nitrogens with two attached hydrogens (primary N) is 1. The SMILES string of the molecule is NCc1ccc(-n2cncn2)nn1. The summed E-state index contributed by atoms with van der Waals surface area (Å²) in [6, 6.07) is 3.61. The van der Waals surface area contributed by atoms with E-state index < -0.39 is 0 Å². The largest absolute Gasteiger partial charge is 0.325 e. The lowest BCUT2D eigenvalue weighted by atomic mass is 10.4. The van der Waals surface area contributed by atoms with Crippen LogP contribution in [0.15, 0.2) is 24.8 Å². The van der Waals surface area contributed by atoms with Gasteiger partial charge in [0.2, 0.25) is 0 Å². The summed E-state index contributed by atoms with van der Waals surface area (Å²) in [6.07, 6.45) is 3.00. The fourth-order valence-corrected chi connectivity index (χ4v) is 0.910. The van der Waals surface area contributed by atoms with E-state index in [2.05, 4.69) is 20.3 Å². The van der Waals surface area contributed by atoms with Crippen LogP contribution in [0, 0.1) is 0 Å². The van der Waals surface area contributed by atoms with Crippen molar-refractivity contribution in [2.24, 2.45) is 5.73 Å². The first kappa shape index (κ1) is 7.81. The van der Waals surface area contributed by atoms with Crippen molar-refractivity contribution in [2.45, 2.75) is 6.54 Å². The van der Waals surface area contributed by atoms with Gasteiger partial charge in [-0.05, 0) is 12.1 Å². The third-order valence-corrected chi connectivity index (χ3v) is 1.57. The molecule has 6 heteroatoms. The van der Waals surface area contributed by atoms with Crippen molar-refractivity contribution in [2.75, 3.05) is 0 Å². The first-order chi connectivity index (χ1) is 6.40. The Morgan fingerprint density at radius 1 is 1.31 bits per heavy atom. The molecule has 0 aliphatic rings. The van der Waals surface area contributed by atoms with E-state index in [-0.39, 0.29) is 0 Å². The highest BCUT2D eigenvalue weighted by atomic mass is 15.4. The van der Waals surface area contributed by atoms with E-state index in [0.29, 0.717) is 12.4 Å². The van der Waals surface area contributed by atoms with Crippen LogP contribution in [-0.4, -0.2) is 25.0 Å².